The molecule has 1 aromatic heterocycles. The number of aryl methyl sites for hydroxylation is 1. The van der Waals surface area contributed by atoms with E-state index in [4.69, 9.17) is 0 Å². The van der Waals surface area contributed by atoms with Crippen molar-refractivity contribution < 1.29 is 9.59 Å². The van der Waals surface area contributed by atoms with Crippen molar-refractivity contribution >= 4 is 28.4 Å². The van der Waals surface area contributed by atoms with Crippen molar-refractivity contribution in [2.75, 3.05) is 4.90 Å². The molecule has 1 aliphatic heterocycles. The minimum atomic E-state index is -0.458. The van der Waals surface area contributed by atoms with Crippen LogP contribution in [0.1, 0.15) is 29.0 Å². The molecule has 4 nitrogen and oxygen atoms in total. The lowest BCUT2D eigenvalue weighted by molar-refractivity contribution is -0.121. The standard InChI is InChI=1S/C26H22N2O2/c1-18-8-7-11-20(14-18)28-25(29)15-22(26(28)30)23-17-27(16-19-9-3-2-4-10-19)24-13-6-5-12-21(23)24/h2-14,17,22H,15-16H2,1H3. The van der Waals surface area contributed by atoms with Crippen molar-refractivity contribution in [2.24, 2.45) is 0 Å². The first-order valence-corrected chi connectivity index (χ1v) is 10.2. The van der Waals surface area contributed by atoms with Crippen LogP contribution in [0.5, 0.6) is 0 Å². The lowest BCUT2D eigenvalue weighted by atomic mass is 9.97. The van der Waals surface area contributed by atoms with Crippen LogP contribution >= 0.6 is 0 Å². The molecule has 1 fully saturated rings. The maximum Gasteiger partial charge on any atom is 0.241 e. The number of nitrogens with zero attached hydrogens (tertiary/aromatic N) is 2. The van der Waals surface area contributed by atoms with E-state index >= 15 is 0 Å². The maximum atomic E-state index is 13.3. The molecule has 1 aliphatic rings. The van der Waals surface area contributed by atoms with Gasteiger partial charge in [-0.3, -0.25) is 9.59 Å². The summed E-state index contributed by atoms with van der Waals surface area (Å²) in [5.41, 5.74) is 4.87. The highest BCUT2D eigenvalue weighted by Gasteiger charge is 2.41. The van der Waals surface area contributed by atoms with Crippen LogP contribution in [0.3, 0.4) is 0 Å². The van der Waals surface area contributed by atoms with Crippen LogP contribution in [0.4, 0.5) is 5.69 Å². The summed E-state index contributed by atoms with van der Waals surface area (Å²) in [7, 11) is 0. The van der Waals surface area contributed by atoms with Crippen LogP contribution in [0.25, 0.3) is 10.9 Å². The quantitative estimate of drug-likeness (QED) is 0.455. The minimum absolute atomic E-state index is 0.143. The van der Waals surface area contributed by atoms with E-state index < -0.39 is 5.92 Å². The second kappa shape index (κ2) is 7.30. The monoisotopic (exact) mass is 394 g/mol. The van der Waals surface area contributed by atoms with Crippen LogP contribution in [-0.2, 0) is 16.1 Å². The third-order valence-corrected chi connectivity index (χ3v) is 5.80. The fourth-order valence-electron chi connectivity index (χ4n) is 4.38. The summed E-state index contributed by atoms with van der Waals surface area (Å²) < 4.78 is 2.17. The molecule has 0 saturated carbocycles. The number of hydrogen-bond acceptors (Lipinski definition) is 2. The zero-order valence-electron chi connectivity index (χ0n) is 16.8. The molecule has 4 heteroatoms. The Labute approximate surface area is 175 Å². The molecule has 4 aromatic rings. The Kier molecular flexibility index (Phi) is 4.47. The molecule has 5 rings (SSSR count). The van der Waals surface area contributed by atoms with Crippen molar-refractivity contribution in [2.45, 2.75) is 25.8 Å². The van der Waals surface area contributed by atoms with Gasteiger partial charge in [-0.15, -0.1) is 0 Å². The smallest absolute Gasteiger partial charge is 0.241 e. The third kappa shape index (κ3) is 3.11. The largest absolute Gasteiger partial charge is 0.343 e. The van der Waals surface area contributed by atoms with Gasteiger partial charge in [0.25, 0.3) is 0 Å². The summed E-state index contributed by atoms with van der Waals surface area (Å²) in [6.07, 6.45) is 2.25. The summed E-state index contributed by atoms with van der Waals surface area (Å²) in [5.74, 6) is -0.747. The Morgan fingerprint density at radius 1 is 0.900 bits per heavy atom. The van der Waals surface area contributed by atoms with Crippen molar-refractivity contribution in [3.63, 3.8) is 0 Å². The van der Waals surface area contributed by atoms with Crippen LogP contribution in [-0.4, -0.2) is 16.4 Å². The number of para-hydroxylation sites is 1. The van der Waals surface area contributed by atoms with E-state index in [2.05, 4.69) is 22.8 Å². The van der Waals surface area contributed by atoms with Crippen molar-refractivity contribution in [1.29, 1.82) is 0 Å². The molecule has 1 saturated heterocycles. The molecule has 2 amide bonds. The molecule has 1 atom stereocenters. The number of carbonyl (C=O) groups excluding carboxylic acids is 2. The maximum absolute atomic E-state index is 13.3. The molecule has 3 aromatic carbocycles. The summed E-state index contributed by atoms with van der Waals surface area (Å²) in [6.45, 7) is 2.68. The first-order chi connectivity index (χ1) is 14.6. The van der Waals surface area contributed by atoms with E-state index in [9.17, 15) is 9.59 Å². The zero-order valence-corrected chi connectivity index (χ0v) is 16.8. The fourth-order valence-corrected chi connectivity index (χ4v) is 4.38. The highest BCUT2D eigenvalue weighted by atomic mass is 16.2. The van der Waals surface area contributed by atoms with Gasteiger partial charge in [-0.1, -0.05) is 60.7 Å². The Morgan fingerprint density at radius 2 is 1.67 bits per heavy atom. The van der Waals surface area contributed by atoms with E-state index in [1.54, 1.807) is 0 Å². The Morgan fingerprint density at radius 3 is 2.47 bits per heavy atom. The van der Waals surface area contributed by atoms with Gasteiger partial charge in [-0.25, -0.2) is 4.90 Å². The molecule has 0 N–H and O–H groups in total. The highest BCUT2D eigenvalue weighted by molar-refractivity contribution is 6.23. The predicted molar refractivity (Wildman–Crippen MR) is 119 cm³/mol. The van der Waals surface area contributed by atoms with Crippen LogP contribution in [0, 0.1) is 6.92 Å². The van der Waals surface area contributed by atoms with Gasteiger partial charge in [0, 0.05) is 30.1 Å². The Hall–Kier alpha value is -3.66. The van der Waals surface area contributed by atoms with Gasteiger partial charge in [-0.2, -0.15) is 0 Å². The van der Waals surface area contributed by atoms with Gasteiger partial charge in [0.2, 0.25) is 11.8 Å². The SMILES string of the molecule is Cc1cccc(N2C(=O)CC(c3cn(Cc4ccccc4)c4ccccc34)C2=O)c1. The second-order valence-corrected chi connectivity index (χ2v) is 7.88. The van der Waals surface area contributed by atoms with E-state index in [0.717, 1.165) is 28.6 Å². The molecular weight excluding hydrogens is 372 g/mol. The van der Waals surface area contributed by atoms with Gasteiger partial charge in [0.05, 0.1) is 11.6 Å². The number of anilines is 1. The molecule has 2 heterocycles. The summed E-state index contributed by atoms with van der Waals surface area (Å²) >= 11 is 0. The van der Waals surface area contributed by atoms with Crippen LogP contribution in [0.15, 0.2) is 85.1 Å². The molecule has 0 bridgehead atoms. The van der Waals surface area contributed by atoms with Crippen molar-refractivity contribution in [1.82, 2.24) is 4.57 Å². The number of benzene rings is 3. The number of amides is 2. The lowest BCUT2D eigenvalue weighted by Gasteiger charge is -2.15. The minimum Gasteiger partial charge on any atom is -0.343 e. The number of fused-ring (bicyclic) bond motifs is 1. The topological polar surface area (TPSA) is 42.3 Å². The predicted octanol–water partition coefficient (Wildman–Crippen LogP) is 5.05. The molecule has 148 valence electrons. The number of carbonyl (C=O) groups is 2. The second-order valence-electron chi connectivity index (χ2n) is 7.88. The average Bonchev–Trinajstić information content (AvgIpc) is 3.25. The fraction of sp³-hybridized carbons (Fsp3) is 0.154. The summed E-state index contributed by atoms with van der Waals surface area (Å²) in [4.78, 5) is 27.5. The number of imide groups is 1. The third-order valence-electron chi connectivity index (χ3n) is 5.80. The lowest BCUT2D eigenvalue weighted by Crippen LogP contribution is -2.30. The molecule has 0 aliphatic carbocycles. The number of aromatic nitrogens is 1. The number of hydrogen-bond donors (Lipinski definition) is 0. The summed E-state index contributed by atoms with van der Waals surface area (Å²) in [6, 6.07) is 25.9. The molecule has 0 spiro atoms. The molecular formula is C26H22N2O2. The molecule has 0 radical (unpaired) electrons. The molecule has 1 unspecified atom stereocenters. The normalized spacial score (nSPS) is 16.6. The van der Waals surface area contributed by atoms with Gasteiger partial charge in [0.1, 0.15) is 0 Å². The van der Waals surface area contributed by atoms with Gasteiger partial charge < -0.3 is 4.57 Å². The highest BCUT2D eigenvalue weighted by Crippen LogP contribution is 2.37. The average molecular weight is 394 g/mol. The van der Waals surface area contributed by atoms with E-state index in [1.165, 1.54) is 10.5 Å². The van der Waals surface area contributed by atoms with Gasteiger partial charge in [-0.05, 0) is 41.8 Å². The number of rotatable bonds is 4. The Balaban J connectivity index is 1.55. The first-order valence-electron chi connectivity index (χ1n) is 10.2. The Bertz CT molecular complexity index is 1260. The van der Waals surface area contributed by atoms with Gasteiger partial charge in [0.15, 0.2) is 0 Å². The van der Waals surface area contributed by atoms with E-state index in [1.807, 2.05) is 73.8 Å². The molecule has 30 heavy (non-hydrogen) atoms. The van der Waals surface area contributed by atoms with Crippen LogP contribution in [0.2, 0.25) is 0 Å². The van der Waals surface area contributed by atoms with E-state index in [-0.39, 0.29) is 18.2 Å². The van der Waals surface area contributed by atoms with Crippen molar-refractivity contribution in [3.8, 4) is 0 Å². The first kappa shape index (κ1) is 18.4. The van der Waals surface area contributed by atoms with E-state index in [0.29, 0.717) is 5.69 Å². The van der Waals surface area contributed by atoms with Crippen LogP contribution < -0.4 is 4.90 Å². The van der Waals surface area contributed by atoms with Crippen molar-refractivity contribution in [3.05, 3.63) is 102 Å². The summed E-state index contributed by atoms with van der Waals surface area (Å²) in [5, 5.41) is 1.03. The van der Waals surface area contributed by atoms with Gasteiger partial charge >= 0.3 is 0 Å². The zero-order chi connectivity index (χ0) is 20.7.